The Balaban J connectivity index is 3.50. The van der Waals surface area contributed by atoms with E-state index in [2.05, 4.69) is 31.3 Å². The van der Waals surface area contributed by atoms with Crippen LogP contribution in [0.1, 0.15) is 296 Å². The Morgan fingerprint density at radius 3 is 1.18 bits per heavy atom. The molecule has 0 aliphatic rings. The average Bonchev–Trinajstić information content (AvgIpc) is 3.25. The number of nitrogens with one attached hydrogen (secondary N) is 1. The van der Waals surface area contributed by atoms with Crippen LogP contribution < -0.4 is 5.32 Å². The van der Waals surface area contributed by atoms with Crippen molar-refractivity contribution in [2.45, 2.75) is 309 Å². The third-order valence-electron chi connectivity index (χ3n) is 12.6. The van der Waals surface area contributed by atoms with Gasteiger partial charge in [-0.2, -0.15) is 0 Å². The van der Waals surface area contributed by atoms with Crippen molar-refractivity contribution in [2.75, 3.05) is 13.2 Å². The number of aliphatic hydroxyl groups excluding tert-OH is 2. The summed E-state index contributed by atoms with van der Waals surface area (Å²) in [5.74, 6) is -0.0789. The van der Waals surface area contributed by atoms with Gasteiger partial charge in [0.1, 0.15) is 0 Å². The van der Waals surface area contributed by atoms with E-state index >= 15 is 0 Å². The predicted octanol–water partition coefficient (Wildman–Crippen LogP) is 16.1. The van der Waals surface area contributed by atoms with E-state index in [0.29, 0.717) is 25.9 Å². The molecule has 0 aromatic rings. The van der Waals surface area contributed by atoms with Crippen LogP contribution in [0.5, 0.6) is 0 Å². The molecule has 0 rings (SSSR count). The first-order chi connectivity index (χ1) is 29.5. The second kappa shape index (κ2) is 50.2. The lowest BCUT2D eigenvalue weighted by Crippen LogP contribution is -2.45. The summed E-state index contributed by atoms with van der Waals surface area (Å²) in [4.78, 5) is 24.5. The molecule has 2 atom stereocenters. The highest BCUT2D eigenvalue weighted by atomic mass is 16.5. The van der Waals surface area contributed by atoms with Crippen molar-refractivity contribution in [3.05, 3.63) is 12.2 Å². The highest BCUT2D eigenvalue weighted by Gasteiger charge is 2.20. The van der Waals surface area contributed by atoms with Gasteiger partial charge >= 0.3 is 5.97 Å². The Labute approximate surface area is 374 Å². The number of ether oxygens (including phenoxy) is 1. The molecule has 0 heterocycles. The predicted molar refractivity (Wildman–Crippen MR) is 260 cm³/mol. The SMILES string of the molecule is CCCCCCCCCCCCCCCCCCCCC(O)C(CO)NC(=O)CCCCCCC/C=C\CCCCCOC(=O)CCCCCCCCCCCCCCC. The molecule has 1 amide bonds. The van der Waals surface area contributed by atoms with Crippen LogP contribution in [0, 0.1) is 0 Å². The van der Waals surface area contributed by atoms with Gasteiger partial charge in [-0.15, -0.1) is 0 Å². The normalized spacial score (nSPS) is 12.7. The highest BCUT2D eigenvalue weighted by Crippen LogP contribution is 2.17. The van der Waals surface area contributed by atoms with Crippen LogP contribution >= 0.6 is 0 Å². The molecule has 0 aromatic carbocycles. The van der Waals surface area contributed by atoms with Crippen LogP contribution in [-0.4, -0.2) is 47.4 Å². The molecule has 6 heteroatoms. The molecule has 0 radical (unpaired) electrons. The number of aliphatic hydroxyl groups is 2. The third-order valence-corrected chi connectivity index (χ3v) is 12.6. The maximum atomic E-state index is 12.5. The summed E-state index contributed by atoms with van der Waals surface area (Å²) in [6.45, 7) is 4.91. The molecule has 6 nitrogen and oxygen atoms in total. The molecule has 2 unspecified atom stereocenters. The standard InChI is InChI=1S/C54H105NO5/c1-3-5-7-9-11-13-15-17-18-19-20-21-23-26-30-34-38-42-46-52(57)51(50-56)55-53(58)47-43-39-35-31-27-24-25-29-33-37-41-45-49-60-54(59)48-44-40-36-32-28-22-16-14-12-10-8-6-4-2/h25,29,51-52,56-57H,3-24,26-28,30-50H2,1-2H3,(H,55,58)/b29-25-. The second-order valence-electron chi connectivity index (χ2n) is 18.6. The van der Waals surface area contributed by atoms with Crippen molar-refractivity contribution in [2.24, 2.45) is 0 Å². The molecular weight excluding hydrogens is 743 g/mol. The smallest absolute Gasteiger partial charge is 0.305 e. The summed E-state index contributed by atoms with van der Waals surface area (Å²) < 4.78 is 5.44. The lowest BCUT2D eigenvalue weighted by Gasteiger charge is -2.22. The summed E-state index contributed by atoms with van der Waals surface area (Å²) in [5.41, 5.74) is 0. The first-order valence-corrected chi connectivity index (χ1v) is 26.9. The summed E-state index contributed by atoms with van der Waals surface area (Å²) >= 11 is 0. The van der Waals surface area contributed by atoms with Gasteiger partial charge in [0.15, 0.2) is 0 Å². The number of allylic oxidation sites excluding steroid dienone is 2. The molecule has 0 bridgehead atoms. The highest BCUT2D eigenvalue weighted by molar-refractivity contribution is 5.76. The molecule has 60 heavy (non-hydrogen) atoms. The first-order valence-electron chi connectivity index (χ1n) is 26.9. The van der Waals surface area contributed by atoms with Crippen molar-refractivity contribution in [3.63, 3.8) is 0 Å². The number of amides is 1. The van der Waals surface area contributed by atoms with Gasteiger partial charge in [-0.25, -0.2) is 0 Å². The number of unbranched alkanes of at least 4 members (excludes halogenated alkanes) is 37. The van der Waals surface area contributed by atoms with Crippen molar-refractivity contribution in [3.8, 4) is 0 Å². The average molecular weight is 848 g/mol. The maximum Gasteiger partial charge on any atom is 0.305 e. The van der Waals surface area contributed by atoms with Gasteiger partial charge in [-0.3, -0.25) is 9.59 Å². The number of rotatable bonds is 50. The quantitative estimate of drug-likeness (QED) is 0.0322. The van der Waals surface area contributed by atoms with E-state index in [4.69, 9.17) is 4.74 Å². The Morgan fingerprint density at radius 2 is 0.783 bits per heavy atom. The van der Waals surface area contributed by atoms with Crippen LogP contribution in [-0.2, 0) is 14.3 Å². The van der Waals surface area contributed by atoms with Crippen LogP contribution in [0.15, 0.2) is 12.2 Å². The van der Waals surface area contributed by atoms with Crippen molar-refractivity contribution >= 4 is 11.9 Å². The fourth-order valence-corrected chi connectivity index (χ4v) is 8.40. The van der Waals surface area contributed by atoms with E-state index in [9.17, 15) is 19.8 Å². The van der Waals surface area contributed by atoms with Crippen LogP contribution in [0.4, 0.5) is 0 Å². The molecule has 0 aliphatic heterocycles. The van der Waals surface area contributed by atoms with Crippen molar-refractivity contribution < 1.29 is 24.5 Å². The topological polar surface area (TPSA) is 95.9 Å². The number of carbonyl (C=O) groups is 2. The zero-order valence-electron chi connectivity index (χ0n) is 40.5. The number of carbonyl (C=O) groups excluding carboxylic acids is 2. The molecule has 0 saturated carbocycles. The van der Waals surface area contributed by atoms with E-state index in [1.807, 2.05) is 0 Å². The van der Waals surface area contributed by atoms with Gasteiger partial charge < -0.3 is 20.3 Å². The monoisotopic (exact) mass is 848 g/mol. The minimum atomic E-state index is -0.679. The summed E-state index contributed by atoms with van der Waals surface area (Å²) in [5, 5.41) is 23.3. The fourth-order valence-electron chi connectivity index (χ4n) is 8.40. The summed E-state index contributed by atoms with van der Waals surface area (Å²) in [7, 11) is 0. The zero-order chi connectivity index (χ0) is 43.7. The third kappa shape index (κ3) is 46.1. The largest absolute Gasteiger partial charge is 0.466 e. The lowest BCUT2D eigenvalue weighted by atomic mass is 10.0. The van der Waals surface area contributed by atoms with E-state index in [0.717, 1.165) is 77.0 Å². The van der Waals surface area contributed by atoms with Gasteiger partial charge in [-0.05, 0) is 57.8 Å². The van der Waals surface area contributed by atoms with Crippen LogP contribution in [0.2, 0.25) is 0 Å². The van der Waals surface area contributed by atoms with Gasteiger partial charge in [-0.1, -0.05) is 238 Å². The van der Waals surface area contributed by atoms with Gasteiger partial charge in [0.25, 0.3) is 0 Å². The fraction of sp³-hybridized carbons (Fsp3) is 0.926. The molecule has 356 valence electrons. The lowest BCUT2D eigenvalue weighted by molar-refractivity contribution is -0.143. The molecule has 3 N–H and O–H groups in total. The molecular formula is C54H105NO5. The van der Waals surface area contributed by atoms with Gasteiger partial charge in [0, 0.05) is 12.8 Å². The Hall–Kier alpha value is -1.40. The summed E-state index contributed by atoms with van der Waals surface area (Å²) in [6, 6.07) is -0.559. The number of hydrogen-bond donors (Lipinski definition) is 3. The van der Waals surface area contributed by atoms with E-state index in [1.165, 1.54) is 186 Å². The first kappa shape index (κ1) is 58.6. The van der Waals surface area contributed by atoms with Crippen LogP contribution in [0.25, 0.3) is 0 Å². The van der Waals surface area contributed by atoms with Gasteiger partial charge in [0.2, 0.25) is 5.91 Å². The van der Waals surface area contributed by atoms with E-state index in [-0.39, 0.29) is 18.5 Å². The second-order valence-corrected chi connectivity index (χ2v) is 18.6. The zero-order valence-corrected chi connectivity index (χ0v) is 40.5. The van der Waals surface area contributed by atoms with Gasteiger partial charge in [0.05, 0.1) is 25.4 Å². The van der Waals surface area contributed by atoms with Crippen molar-refractivity contribution in [1.29, 1.82) is 0 Å². The number of hydrogen-bond acceptors (Lipinski definition) is 5. The Morgan fingerprint density at radius 1 is 0.450 bits per heavy atom. The maximum absolute atomic E-state index is 12.5. The molecule has 0 fully saturated rings. The van der Waals surface area contributed by atoms with Crippen LogP contribution in [0.3, 0.4) is 0 Å². The van der Waals surface area contributed by atoms with E-state index in [1.54, 1.807) is 0 Å². The molecule has 0 saturated heterocycles. The Kier molecular flexibility index (Phi) is 49.1. The molecule has 0 spiro atoms. The number of esters is 1. The minimum Gasteiger partial charge on any atom is -0.466 e. The Bertz CT molecular complexity index is 893. The van der Waals surface area contributed by atoms with E-state index < -0.39 is 12.1 Å². The molecule has 0 aromatic heterocycles. The summed E-state index contributed by atoms with van der Waals surface area (Å²) in [6.07, 6.45) is 57.6. The van der Waals surface area contributed by atoms with Crippen molar-refractivity contribution in [1.82, 2.24) is 5.32 Å². The minimum absolute atomic E-state index is 0.0206. The molecule has 0 aliphatic carbocycles.